The fourth-order valence-corrected chi connectivity index (χ4v) is 5.61. The highest BCUT2D eigenvalue weighted by Crippen LogP contribution is 2.63. The molecule has 0 bridgehead atoms. The van der Waals surface area contributed by atoms with Crippen molar-refractivity contribution in [3.05, 3.63) is 35.6 Å². The molecule has 0 unspecified atom stereocenters. The van der Waals surface area contributed by atoms with Gasteiger partial charge in [0.1, 0.15) is 0 Å². The third kappa shape index (κ3) is 2.82. The van der Waals surface area contributed by atoms with Crippen molar-refractivity contribution in [2.75, 3.05) is 7.05 Å². The molecule has 2 fully saturated rings. The number of hydrogen-bond acceptors (Lipinski definition) is 3. The first-order valence-corrected chi connectivity index (χ1v) is 9.59. The summed E-state index contributed by atoms with van der Waals surface area (Å²) in [4.78, 5) is 24.8. The summed E-state index contributed by atoms with van der Waals surface area (Å²) in [6.07, 6.45) is 9.61. The molecule has 0 aromatic heterocycles. The van der Waals surface area contributed by atoms with Crippen molar-refractivity contribution in [3.8, 4) is 0 Å². The molecular weight excluding hydrogens is 310 g/mol. The smallest absolute Gasteiger partial charge is 0.202 e. The minimum absolute atomic E-state index is 0.0145. The summed E-state index contributed by atoms with van der Waals surface area (Å²) in [7, 11) is 1.68. The predicted octanol–water partition coefficient (Wildman–Crippen LogP) is 4.36. The molecule has 0 spiro atoms. The quantitative estimate of drug-likeness (QED) is 0.613. The highest BCUT2D eigenvalue weighted by atomic mass is 16.1. The zero-order valence-corrected chi connectivity index (χ0v) is 16.1. The van der Waals surface area contributed by atoms with Gasteiger partial charge < -0.3 is 5.32 Å². The highest BCUT2D eigenvalue weighted by Gasteiger charge is 2.54. The second-order valence-corrected chi connectivity index (χ2v) is 8.79. The molecule has 136 valence electrons. The zero-order valence-electron chi connectivity index (χ0n) is 16.1. The molecule has 0 aliphatic heterocycles. The van der Waals surface area contributed by atoms with Gasteiger partial charge >= 0.3 is 0 Å². The molecular formula is C22H31NO2. The Morgan fingerprint density at radius 3 is 2.60 bits per heavy atom. The maximum Gasteiger partial charge on any atom is 0.202 e. The van der Waals surface area contributed by atoms with Gasteiger partial charge in [-0.25, -0.2) is 0 Å². The summed E-state index contributed by atoms with van der Waals surface area (Å²) >= 11 is 0. The molecule has 3 nitrogen and oxygen atoms in total. The first-order chi connectivity index (χ1) is 11.7. The summed E-state index contributed by atoms with van der Waals surface area (Å²) < 4.78 is 0. The fraction of sp³-hybridized carbons (Fsp3) is 0.636. The molecule has 0 heterocycles. The summed E-state index contributed by atoms with van der Waals surface area (Å²) in [6.45, 7) is 11.4. The maximum atomic E-state index is 12.6. The van der Waals surface area contributed by atoms with Crippen LogP contribution in [0.4, 0.5) is 0 Å². The largest absolute Gasteiger partial charge is 0.385 e. The lowest BCUT2D eigenvalue weighted by molar-refractivity contribution is -0.116. The van der Waals surface area contributed by atoms with Crippen molar-refractivity contribution in [1.29, 1.82) is 0 Å². The number of rotatable bonds is 3. The van der Waals surface area contributed by atoms with Gasteiger partial charge in [-0.2, -0.15) is 0 Å². The van der Waals surface area contributed by atoms with E-state index < -0.39 is 0 Å². The average molecular weight is 341 g/mol. The molecule has 3 heteroatoms. The van der Waals surface area contributed by atoms with Gasteiger partial charge in [0, 0.05) is 18.7 Å². The van der Waals surface area contributed by atoms with E-state index in [9.17, 15) is 9.59 Å². The predicted molar refractivity (Wildman–Crippen MR) is 101 cm³/mol. The van der Waals surface area contributed by atoms with Crippen LogP contribution in [0.5, 0.6) is 0 Å². The Morgan fingerprint density at radius 2 is 1.92 bits per heavy atom. The van der Waals surface area contributed by atoms with Gasteiger partial charge in [-0.1, -0.05) is 32.9 Å². The van der Waals surface area contributed by atoms with Gasteiger partial charge in [0.05, 0.1) is 5.70 Å². The monoisotopic (exact) mass is 341 g/mol. The van der Waals surface area contributed by atoms with E-state index in [1.807, 2.05) is 0 Å². The van der Waals surface area contributed by atoms with E-state index >= 15 is 0 Å². The van der Waals surface area contributed by atoms with Gasteiger partial charge in [-0.05, 0) is 67.3 Å². The minimum atomic E-state index is -0.0834. The molecule has 2 saturated carbocycles. The minimum Gasteiger partial charge on any atom is -0.385 e. The van der Waals surface area contributed by atoms with Crippen molar-refractivity contribution in [3.63, 3.8) is 0 Å². The van der Waals surface area contributed by atoms with Crippen molar-refractivity contribution in [2.45, 2.75) is 59.3 Å². The van der Waals surface area contributed by atoms with E-state index in [4.69, 9.17) is 0 Å². The molecule has 1 N–H and O–H groups in total. The molecule has 0 amide bonds. The molecule has 0 radical (unpaired) electrons. The molecule has 3 aliphatic rings. The number of carbonyl (C=O) groups excluding carboxylic acids is 2. The van der Waals surface area contributed by atoms with Crippen LogP contribution in [0.1, 0.15) is 59.3 Å². The number of carbonyl (C=O) groups is 2. The zero-order chi connectivity index (χ0) is 18.4. The topological polar surface area (TPSA) is 46.2 Å². The third-order valence-electron chi connectivity index (χ3n) is 7.57. The van der Waals surface area contributed by atoms with Crippen LogP contribution in [0.3, 0.4) is 0 Å². The fourth-order valence-electron chi connectivity index (χ4n) is 5.61. The van der Waals surface area contributed by atoms with Crippen molar-refractivity contribution < 1.29 is 9.59 Å². The van der Waals surface area contributed by atoms with Gasteiger partial charge in [0.15, 0.2) is 5.78 Å². The lowest BCUT2D eigenvalue weighted by Gasteiger charge is -2.59. The van der Waals surface area contributed by atoms with Gasteiger partial charge in [-0.15, -0.1) is 0 Å². The van der Waals surface area contributed by atoms with Crippen LogP contribution in [0.15, 0.2) is 35.6 Å². The standard InChI is InChI=1S/C22H31NO2/c1-14-7-6-8-20-21(14,3)10-9-15(2)22(20,4)13-16-11-19(25)17(23-5)12-18(16)24/h11-12,15,20,23H,1,6-10,13H2,2-5H3/t15-,20+,21+,22+/m0/s1. The Labute approximate surface area is 151 Å². The van der Waals surface area contributed by atoms with Crippen LogP contribution in [0.2, 0.25) is 0 Å². The molecule has 3 aliphatic carbocycles. The molecule has 25 heavy (non-hydrogen) atoms. The summed E-state index contributed by atoms with van der Waals surface area (Å²) in [5.74, 6) is 0.970. The average Bonchev–Trinajstić information content (AvgIpc) is 2.57. The molecule has 4 atom stereocenters. The van der Waals surface area contributed by atoms with E-state index in [2.05, 4.69) is 32.7 Å². The van der Waals surface area contributed by atoms with Crippen LogP contribution < -0.4 is 5.32 Å². The van der Waals surface area contributed by atoms with Crippen LogP contribution in [-0.4, -0.2) is 18.6 Å². The number of ketones is 2. The lowest BCUT2D eigenvalue weighted by atomic mass is 9.46. The molecule has 0 aromatic rings. The first-order valence-electron chi connectivity index (χ1n) is 9.59. The summed E-state index contributed by atoms with van der Waals surface area (Å²) in [5.41, 5.74) is 2.67. The van der Waals surface area contributed by atoms with Crippen LogP contribution in [-0.2, 0) is 9.59 Å². The maximum absolute atomic E-state index is 12.6. The molecule has 3 rings (SSSR count). The number of allylic oxidation sites excluding steroid dienone is 4. The Morgan fingerprint density at radius 1 is 1.20 bits per heavy atom. The van der Waals surface area contributed by atoms with Crippen molar-refractivity contribution in [1.82, 2.24) is 5.32 Å². The number of nitrogens with one attached hydrogen (secondary N) is 1. The van der Waals surface area contributed by atoms with E-state index in [0.29, 0.717) is 29.5 Å². The normalized spacial score (nSPS) is 38.8. The second-order valence-electron chi connectivity index (χ2n) is 8.79. The van der Waals surface area contributed by atoms with Gasteiger partial charge in [-0.3, -0.25) is 9.59 Å². The van der Waals surface area contributed by atoms with Crippen molar-refractivity contribution in [2.24, 2.45) is 22.7 Å². The van der Waals surface area contributed by atoms with E-state index in [1.165, 1.54) is 30.9 Å². The van der Waals surface area contributed by atoms with Crippen LogP contribution >= 0.6 is 0 Å². The number of fused-ring (bicyclic) bond motifs is 1. The number of likely N-dealkylation sites (N-methyl/N-ethyl adjacent to an activating group) is 1. The first kappa shape index (κ1) is 18.2. The Hall–Kier alpha value is -1.64. The lowest BCUT2D eigenvalue weighted by Crippen LogP contribution is -2.50. The van der Waals surface area contributed by atoms with Crippen LogP contribution in [0.25, 0.3) is 0 Å². The second kappa shape index (κ2) is 6.26. The van der Waals surface area contributed by atoms with Crippen molar-refractivity contribution >= 4 is 11.6 Å². The van der Waals surface area contributed by atoms with E-state index in [0.717, 1.165) is 12.8 Å². The third-order valence-corrected chi connectivity index (χ3v) is 7.57. The molecule has 0 saturated heterocycles. The Bertz CT molecular complexity index is 686. The Balaban J connectivity index is 1.93. The SMILES string of the molecule is C=C1CCC[C@H]2[C@](C)(CC3=CC(=O)C(NC)=CC3=O)[C@@H](C)CC[C@]12C. The van der Waals surface area contributed by atoms with Crippen LogP contribution in [0, 0.1) is 22.7 Å². The van der Waals surface area contributed by atoms with E-state index in [-0.39, 0.29) is 22.4 Å². The summed E-state index contributed by atoms with van der Waals surface area (Å²) in [6, 6.07) is 0. The molecule has 0 aromatic carbocycles. The summed E-state index contributed by atoms with van der Waals surface area (Å²) in [5, 5.41) is 2.82. The van der Waals surface area contributed by atoms with E-state index in [1.54, 1.807) is 13.1 Å². The Kier molecular flexibility index (Phi) is 4.55. The highest BCUT2D eigenvalue weighted by molar-refractivity contribution is 6.19. The number of hydrogen-bond donors (Lipinski definition) is 1. The van der Waals surface area contributed by atoms with Gasteiger partial charge in [0.2, 0.25) is 5.78 Å². The van der Waals surface area contributed by atoms with Gasteiger partial charge in [0.25, 0.3) is 0 Å².